The number of nitrogens with zero attached hydrogens (tertiary/aromatic N) is 5. The van der Waals surface area contributed by atoms with Crippen molar-refractivity contribution in [2.45, 2.75) is 0 Å². The van der Waals surface area contributed by atoms with Crippen molar-refractivity contribution in [1.29, 1.82) is 0 Å². The van der Waals surface area contributed by atoms with Crippen LogP contribution >= 0.6 is 12.2 Å². The molecule has 28 heavy (non-hydrogen) atoms. The summed E-state index contributed by atoms with van der Waals surface area (Å²) in [6.45, 7) is 0. The number of para-hydroxylation sites is 2. The smallest absolute Gasteiger partial charge is 0.216 e. The lowest BCUT2D eigenvalue weighted by molar-refractivity contribution is 0.627. The molecule has 8 heteroatoms. The summed E-state index contributed by atoms with van der Waals surface area (Å²) in [5.74, 6) is 0.674. The summed E-state index contributed by atoms with van der Waals surface area (Å²) in [5.41, 5.74) is 3.25. The molecule has 0 aliphatic heterocycles. The highest BCUT2D eigenvalue weighted by Gasteiger charge is 2.15. The predicted octanol–water partition coefficient (Wildman–Crippen LogP) is 4.42. The molecule has 5 rings (SSSR count). The Bertz CT molecular complexity index is 1310. The molecule has 0 unspecified atom stereocenters. The number of aromatic nitrogens is 5. The molecule has 1 N–H and O–H groups in total. The fourth-order valence-corrected chi connectivity index (χ4v) is 3.08. The first-order chi connectivity index (χ1) is 13.8. The Balaban J connectivity index is 1.65. The predicted molar refractivity (Wildman–Crippen MR) is 109 cm³/mol. The number of nitrogens with one attached hydrogen (secondary N) is 1. The number of rotatable bonds is 4. The Morgan fingerprint density at radius 2 is 1.89 bits per heavy atom. The van der Waals surface area contributed by atoms with E-state index >= 15 is 0 Å². The summed E-state index contributed by atoms with van der Waals surface area (Å²) < 4.78 is 9.72. The third-order valence-electron chi connectivity index (χ3n) is 4.28. The van der Waals surface area contributed by atoms with Crippen molar-refractivity contribution in [3.05, 3.63) is 83.5 Å². The summed E-state index contributed by atoms with van der Waals surface area (Å²) in [4.78, 5) is 0. The Morgan fingerprint density at radius 1 is 1.07 bits per heavy atom. The molecule has 0 aliphatic carbocycles. The van der Waals surface area contributed by atoms with Gasteiger partial charge in [0.25, 0.3) is 0 Å². The topological polar surface area (TPSA) is 76.9 Å². The van der Waals surface area contributed by atoms with Crippen molar-refractivity contribution in [3.8, 4) is 17.1 Å². The molecule has 0 bridgehead atoms. The minimum Gasteiger partial charge on any atom is -0.454 e. The molecule has 136 valence electrons. The number of H-pyrrole nitrogens is 1. The second-order valence-electron chi connectivity index (χ2n) is 6.11. The van der Waals surface area contributed by atoms with Gasteiger partial charge in [0.05, 0.1) is 11.9 Å². The van der Waals surface area contributed by atoms with Gasteiger partial charge in [0.2, 0.25) is 4.77 Å². The Morgan fingerprint density at radius 3 is 2.68 bits per heavy atom. The lowest BCUT2D eigenvalue weighted by Crippen LogP contribution is -1.93. The molecule has 3 heterocycles. The molecule has 0 atom stereocenters. The van der Waals surface area contributed by atoms with Crippen LogP contribution < -0.4 is 0 Å². The van der Waals surface area contributed by atoms with Crippen molar-refractivity contribution >= 4 is 29.4 Å². The Labute approximate surface area is 164 Å². The SMILES string of the molecule is S=c1[nH]ncn1/N=C\c1cn(-c2ccccc2)nc1-c1cc2ccccc2o1. The maximum atomic E-state index is 6.02. The molecule has 3 aromatic heterocycles. The first-order valence-corrected chi connectivity index (χ1v) is 8.99. The van der Waals surface area contributed by atoms with E-state index in [0.29, 0.717) is 16.2 Å². The zero-order valence-corrected chi connectivity index (χ0v) is 15.4. The van der Waals surface area contributed by atoms with E-state index in [-0.39, 0.29) is 0 Å². The molecule has 0 fully saturated rings. The molecule has 2 aromatic carbocycles. The second kappa shape index (κ2) is 6.75. The van der Waals surface area contributed by atoms with Gasteiger partial charge in [-0.05, 0) is 36.5 Å². The van der Waals surface area contributed by atoms with Crippen LogP contribution in [-0.4, -0.2) is 30.9 Å². The molecule has 0 amide bonds. The Kier molecular flexibility index (Phi) is 3.95. The minimum atomic E-state index is 0.414. The van der Waals surface area contributed by atoms with Gasteiger partial charge in [-0.3, -0.25) is 5.10 Å². The van der Waals surface area contributed by atoms with Crippen molar-refractivity contribution < 1.29 is 4.42 Å². The van der Waals surface area contributed by atoms with Crippen LogP contribution in [0.5, 0.6) is 0 Å². The largest absolute Gasteiger partial charge is 0.454 e. The van der Waals surface area contributed by atoms with Gasteiger partial charge in [0.15, 0.2) is 5.76 Å². The van der Waals surface area contributed by atoms with E-state index in [1.54, 1.807) is 10.9 Å². The summed E-state index contributed by atoms with van der Waals surface area (Å²) in [7, 11) is 0. The highest BCUT2D eigenvalue weighted by atomic mass is 32.1. The second-order valence-corrected chi connectivity index (χ2v) is 6.50. The molecular weight excluding hydrogens is 372 g/mol. The number of fused-ring (bicyclic) bond motifs is 1. The first-order valence-electron chi connectivity index (χ1n) is 8.58. The maximum Gasteiger partial charge on any atom is 0.216 e. The van der Waals surface area contributed by atoms with Crippen LogP contribution in [0.4, 0.5) is 0 Å². The van der Waals surface area contributed by atoms with Gasteiger partial charge in [-0.25, -0.2) is 4.68 Å². The zero-order valence-electron chi connectivity index (χ0n) is 14.6. The highest BCUT2D eigenvalue weighted by molar-refractivity contribution is 7.71. The maximum absolute atomic E-state index is 6.02. The van der Waals surface area contributed by atoms with Gasteiger partial charge in [0, 0.05) is 17.1 Å². The molecule has 5 aromatic rings. The fourth-order valence-electron chi connectivity index (χ4n) is 2.93. The van der Waals surface area contributed by atoms with E-state index in [0.717, 1.165) is 22.2 Å². The van der Waals surface area contributed by atoms with Crippen molar-refractivity contribution in [2.75, 3.05) is 0 Å². The third-order valence-corrected chi connectivity index (χ3v) is 4.56. The highest BCUT2D eigenvalue weighted by Crippen LogP contribution is 2.29. The van der Waals surface area contributed by atoms with Crippen molar-refractivity contribution in [1.82, 2.24) is 24.7 Å². The van der Waals surface area contributed by atoms with Crippen LogP contribution in [-0.2, 0) is 0 Å². The lowest BCUT2D eigenvalue weighted by atomic mass is 10.2. The molecule has 0 spiro atoms. The van der Waals surface area contributed by atoms with Crippen LogP contribution in [0.3, 0.4) is 0 Å². The van der Waals surface area contributed by atoms with E-state index in [2.05, 4.69) is 15.3 Å². The van der Waals surface area contributed by atoms with Crippen molar-refractivity contribution in [2.24, 2.45) is 5.10 Å². The first kappa shape index (κ1) is 16.4. The average molecular weight is 386 g/mol. The van der Waals surface area contributed by atoms with Gasteiger partial charge >= 0.3 is 0 Å². The minimum absolute atomic E-state index is 0.414. The van der Waals surface area contributed by atoms with Crippen LogP contribution in [0.2, 0.25) is 0 Å². The molecule has 0 radical (unpaired) electrons. The molecular formula is C20H14N6OS. The standard InChI is InChI=1S/C20H14N6OS/c28-20-23-21-13-26(20)22-11-15-12-25(16-7-2-1-3-8-16)24-19(15)18-10-14-6-4-5-9-17(14)27-18/h1-13H,(H,23,28)/b22-11-. The summed E-state index contributed by atoms with van der Waals surface area (Å²) in [5, 5.41) is 16.7. The lowest BCUT2D eigenvalue weighted by Gasteiger charge is -1.98. The molecule has 0 saturated carbocycles. The van der Waals surface area contributed by atoms with Gasteiger partial charge in [-0.15, -0.1) is 0 Å². The van der Waals surface area contributed by atoms with E-state index in [1.807, 2.05) is 66.9 Å². The summed E-state index contributed by atoms with van der Waals surface area (Å²) in [6, 6.07) is 19.7. The number of hydrogen-bond acceptors (Lipinski definition) is 5. The normalized spacial score (nSPS) is 11.6. The van der Waals surface area contributed by atoms with Gasteiger partial charge in [-0.1, -0.05) is 36.4 Å². The van der Waals surface area contributed by atoms with Crippen LogP contribution in [0.25, 0.3) is 28.1 Å². The molecule has 7 nitrogen and oxygen atoms in total. The molecule has 0 saturated heterocycles. The van der Waals surface area contributed by atoms with Gasteiger partial charge in [-0.2, -0.15) is 20.0 Å². The number of hydrogen-bond donors (Lipinski definition) is 1. The number of aromatic amines is 1. The van der Waals surface area contributed by atoms with Gasteiger partial charge < -0.3 is 4.42 Å². The van der Waals surface area contributed by atoms with E-state index in [1.165, 1.54) is 11.0 Å². The number of furan rings is 1. The quantitative estimate of drug-likeness (QED) is 0.366. The number of benzene rings is 2. The van der Waals surface area contributed by atoms with Gasteiger partial charge in [0.1, 0.15) is 17.6 Å². The van der Waals surface area contributed by atoms with Crippen molar-refractivity contribution in [3.63, 3.8) is 0 Å². The van der Waals surface area contributed by atoms with E-state index in [4.69, 9.17) is 21.7 Å². The van der Waals surface area contributed by atoms with Crippen LogP contribution in [0, 0.1) is 4.77 Å². The summed E-state index contributed by atoms with van der Waals surface area (Å²) in [6.07, 6.45) is 5.12. The van der Waals surface area contributed by atoms with E-state index in [9.17, 15) is 0 Å². The summed E-state index contributed by atoms with van der Waals surface area (Å²) >= 11 is 5.14. The monoisotopic (exact) mass is 386 g/mol. The van der Waals surface area contributed by atoms with E-state index < -0.39 is 0 Å². The average Bonchev–Trinajstić information content (AvgIpc) is 3.44. The zero-order chi connectivity index (χ0) is 18.9. The fraction of sp³-hybridized carbons (Fsp3) is 0. The van der Waals surface area contributed by atoms with Crippen LogP contribution in [0.15, 0.2) is 82.7 Å². The van der Waals surface area contributed by atoms with Crippen LogP contribution in [0.1, 0.15) is 5.56 Å². The molecule has 0 aliphatic rings. The Hall–Kier alpha value is -3.78. The third kappa shape index (κ3) is 2.95.